The molecule has 7 heteroatoms. The first-order chi connectivity index (χ1) is 9.06. The normalized spacial score (nSPS) is 22.7. The van der Waals surface area contributed by atoms with E-state index in [1.807, 2.05) is 0 Å². The number of aliphatic carboxylic acids is 1. The van der Waals surface area contributed by atoms with Gasteiger partial charge in [-0.25, -0.2) is 5.10 Å². The third-order valence-electron chi connectivity index (χ3n) is 3.32. The molecule has 3 N–H and O–H groups in total. The van der Waals surface area contributed by atoms with Gasteiger partial charge < -0.3 is 10.4 Å². The van der Waals surface area contributed by atoms with Crippen LogP contribution in [0.15, 0.2) is 16.9 Å². The molecule has 0 bridgehead atoms. The lowest BCUT2D eigenvalue weighted by molar-refractivity contribution is -0.143. The molecule has 1 aromatic rings. The molecular weight excluding hydrogens is 250 g/mol. The second-order valence-electron chi connectivity index (χ2n) is 4.69. The van der Waals surface area contributed by atoms with Crippen molar-refractivity contribution in [2.24, 2.45) is 11.8 Å². The van der Waals surface area contributed by atoms with E-state index >= 15 is 0 Å². The zero-order chi connectivity index (χ0) is 13.8. The fourth-order valence-corrected chi connectivity index (χ4v) is 2.29. The number of aromatic nitrogens is 2. The number of H-pyrrole nitrogens is 1. The lowest BCUT2D eigenvalue weighted by atomic mass is 9.81. The van der Waals surface area contributed by atoms with Crippen molar-refractivity contribution in [2.45, 2.75) is 25.7 Å². The molecule has 1 aliphatic carbocycles. The minimum atomic E-state index is -0.848. The Hall–Kier alpha value is -2.18. The van der Waals surface area contributed by atoms with Crippen LogP contribution in [0.25, 0.3) is 0 Å². The van der Waals surface area contributed by atoms with Gasteiger partial charge in [0, 0.05) is 12.0 Å². The average Bonchev–Trinajstić information content (AvgIpc) is 2.41. The van der Waals surface area contributed by atoms with Gasteiger partial charge in [0.2, 0.25) is 5.91 Å². The quantitative estimate of drug-likeness (QED) is 0.740. The highest BCUT2D eigenvalue weighted by Crippen LogP contribution is 2.29. The number of hydrogen-bond acceptors (Lipinski definition) is 4. The summed E-state index contributed by atoms with van der Waals surface area (Å²) in [5.41, 5.74) is -0.346. The topological polar surface area (TPSA) is 112 Å². The van der Waals surface area contributed by atoms with Crippen LogP contribution in [0, 0.1) is 11.8 Å². The molecular formula is C12H15N3O4. The van der Waals surface area contributed by atoms with Crippen molar-refractivity contribution < 1.29 is 14.7 Å². The molecule has 0 saturated heterocycles. The van der Waals surface area contributed by atoms with Gasteiger partial charge in [-0.05, 0) is 25.3 Å². The molecule has 2 atom stereocenters. The van der Waals surface area contributed by atoms with Crippen molar-refractivity contribution in [1.82, 2.24) is 10.2 Å². The summed E-state index contributed by atoms with van der Waals surface area (Å²) in [6, 6.07) is 2.68. The van der Waals surface area contributed by atoms with Gasteiger partial charge in [0.15, 0.2) is 5.82 Å². The first kappa shape index (κ1) is 13.3. The van der Waals surface area contributed by atoms with Crippen LogP contribution in [-0.4, -0.2) is 27.2 Å². The number of hydrogen-bond donors (Lipinski definition) is 3. The van der Waals surface area contributed by atoms with Crippen LogP contribution < -0.4 is 10.9 Å². The van der Waals surface area contributed by atoms with Crippen LogP contribution in [0.4, 0.5) is 5.82 Å². The Bertz CT molecular complexity index is 520. The van der Waals surface area contributed by atoms with Crippen molar-refractivity contribution in [3.8, 4) is 0 Å². The van der Waals surface area contributed by atoms with Crippen molar-refractivity contribution >= 4 is 17.7 Å². The summed E-state index contributed by atoms with van der Waals surface area (Å²) in [6.45, 7) is 0. The molecule has 0 spiro atoms. The van der Waals surface area contributed by atoms with Crippen LogP contribution in [-0.2, 0) is 9.59 Å². The van der Waals surface area contributed by atoms with Gasteiger partial charge in [-0.3, -0.25) is 14.4 Å². The van der Waals surface area contributed by atoms with Gasteiger partial charge in [0.25, 0.3) is 5.56 Å². The zero-order valence-corrected chi connectivity index (χ0v) is 10.3. The molecule has 1 saturated carbocycles. The van der Waals surface area contributed by atoms with E-state index in [4.69, 9.17) is 5.11 Å². The number of carboxylic acid groups (broad SMARTS) is 1. The molecule has 0 radical (unpaired) electrons. The number of carbonyl (C=O) groups excluding carboxylic acids is 1. The van der Waals surface area contributed by atoms with Gasteiger partial charge in [-0.2, -0.15) is 5.10 Å². The summed E-state index contributed by atoms with van der Waals surface area (Å²) in [4.78, 5) is 33.8. The van der Waals surface area contributed by atoms with E-state index in [1.54, 1.807) is 0 Å². The van der Waals surface area contributed by atoms with Crippen molar-refractivity contribution in [3.05, 3.63) is 22.5 Å². The Morgan fingerprint density at radius 1 is 1.32 bits per heavy atom. The number of anilines is 1. The maximum absolute atomic E-state index is 12.0. The van der Waals surface area contributed by atoms with Gasteiger partial charge in [0.05, 0.1) is 5.92 Å². The maximum Gasteiger partial charge on any atom is 0.306 e. The van der Waals surface area contributed by atoms with E-state index in [1.165, 1.54) is 12.1 Å². The summed E-state index contributed by atoms with van der Waals surface area (Å²) < 4.78 is 0. The van der Waals surface area contributed by atoms with E-state index in [2.05, 4.69) is 15.5 Å². The SMILES string of the molecule is O=C(O)C1CCCC(C(=O)Nc2ccc(=O)[nH]n2)C1. The van der Waals surface area contributed by atoms with E-state index < -0.39 is 11.9 Å². The Morgan fingerprint density at radius 2 is 2.05 bits per heavy atom. The van der Waals surface area contributed by atoms with Crippen molar-refractivity contribution in [3.63, 3.8) is 0 Å². The monoisotopic (exact) mass is 265 g/mol. The molecule has 7 nitrogen and oxygen atoms in total. The van der Waals surface area contributed by atoms with E-state index in [0.717, 1.165) is 6.42 Å². The highest BCUT2D eigenvalue weighted by molar-refractivity contribution is 5.92. The fourth-order valence-electron chi connectivity index (χ4n) is 2.29. The Morgan fingerprint density at radius 3 is 2.68 bits per heavy atom. The number of carboxylic acids is 1. The highest BCUT2D eigenvalue weighted by atomic mass is 16.4. The molecule has 1 heterocycles. The molecule has 1 aromatic heterocycles. The molecule has 0 aromatic carbocycles. The molecule has 1 fully saturated rings. The lowest BCUT2D eigenvalue weighted by Crippen LogP contribution is -2.31. The van der Waals surface area contributed by atoms with Crippen molar-refractivity contribution in [2.75, 3.05) is 5.32 Å². The fraction of sp³-hybridized carbons (Fsp3) is 0.500. The number of nitrogens with zero attached hydrogens (tertiary/aromatic N) is 1. The minimum Gasteiger partial charge on any atom is -0.481 e. The zero-order valence-electron chi connectivity index (χ0n) is 10.3. The first-order valence-corrected chi connectivity index (χ1v) is 6.15. The third-order valence-corrected chi connectivity index (χ3v) is 3.32. The average molecular weight is 265 g/mol. The summed E-state index contributed by atoms with van der Waals surface area (Å²) in [6.07, 6.45) is 2.38. The summed E-state index contributed by atoms with van der Waals surface area (Å²) in [5.74, 6) is -1.59. The minimum absolute atomic E-state index is 0.245. The van der Waals surface area contributed by atoms with Crippen LogP contribution in [0.2, 0.25) is 0 Å². The summed E-state index contributed by atoms with van der Waals surface area (Å²) in [5, 5.41) is 17.5. The van der Waals surface area contributed by atoms with Crippen LogP contribution in [0.1, 0.15) is 25.7 Å². The van der Waals surface area contributed by atoms with E-state index in [9.17, 15) is 14.4 Å². The molecule has 19 heavy (non-hydrogen) atoms. The molecule has 102 valence electrons. The Labute approximate surface area is 109 Å². The number of carbonyl (C=O) groups is 2. The summed E-state index contributed by atoms with van der Waals surface area (Å²) in [7, 11) is 0. The second kappa shape index (κ2) is 5.64. The van der Waals surface area contributed by atoms with Gasteiger partial charge >= 0.3 is 5.97 Å². The number of nitrogens with one attached hydrogen (secondary N) is 2. The van der Waals surface area contributed by atoms with Crippen LogP contribution in [0.5, 0.6) is 0 Å². The predicted octanol–water partition coefficient (Wildman–Crippen LogP) is 0.599. The highest BCUT2D eigenvalue weighted by Gasteiger charge is 2.31. The predicted molar refractivity (Wildman–Crippen MR) is 66.6 cm³/mol. The van der Waals surface area contributed by atoms with Crippen LogP contribution in [0.3, 0.4) is 0 Å². The molecule has 2 unspecified atom stereocenters. The van der Waals surface area contributed by atoms with E-state index in [-0.39, 0.29) is 23.2 Å². The number of rotatable bonds is 3. The number of amides is 1. The standard InChI is InChI=1S/C12H15N3O4/c16-10-5-4-9(14-15-10)13-11(17)7-2-1-3-8(6-7)12(18)19/h4-5,7-8H,1-3,6H2,(H,15,16)(H,18,19)(H,13,14,17). The maximum atomic E-state index is 12.0. The van der Waals surface area contributed by atoms with Crippen molar-refractivity contribution in [1.29, 1.82) is 0 Å². The number of aromatic amines is 1. The lowest BCUT2D eigenvalue weighted by Gasteiger charge is -2.25. The summed E-state index contributed by atoms with van der Waals surface area (Å²) >= 11 is 0. The first-order valence-electron chi connectivity index (χ1n) is 6.15. The van der Waals surface area contributed by atoms with Crippen LogP contribution >= 0.6 is 0 Å². The third kappa shape index (κ3) is 3.40. The molecule has 0 aliphatic heterocycles. The van der Waals surface area contributed by atoms with Gasteiger partial charge in [-0.15, -0.1) is 0 Å². The Kier molecular flexibility index (Phi) is 3.94. The molecule has 2 rings (SSSR count). The second-order valence-corrected chi connectivity index (χ2v) is 4.69. The Balaban J connectivity index is 1.97. The van der Waals surface area contributed by atoms with E-state index in [0.29, 0.717) is 19.3 Å². The molecule has 1 aliphatic rings. The molecule has 1 amide bonds. The van der Waals surface area contributed by atoms with Gasteiger partial charge in [-0.1, -0.05) is 6.42 Å². The van der Waals surface area contributed by atoms with Gasteiger partial charge in [0.1, 0.15) is 0 Å². The largest absolute Gasteiger partial charge is 0.481 e. The smallest absolute Gasteiger partial charge is 0.306 e.